The van der Waals surface area contributed by atoms with Crippen LogP contribution in [-0.4, -0.2) is 23.8 Å². The Bertz CT molecular complexity index is 354. The van der Waals surface area contributed by atoms with Gasteiger partial charge in [0.05, 0.1) is 18.6 Å². The minimum atomic E-state index is 0.0180. The van der Waals surface area contributed by atoms with Crippen LogP contribution in [0.5, 0.6) is 5.88 Å². The molecule has 13 heavy (non-hydrogen) atoms. The lowest BCUT2D eigenvalue weighted by atomic mass is 10.4. The molecule has 2 heterocycles. The van der Waals surface area contributed by atoms with Crippen LogP contribution in [0.25, 0.3) is 0 Å². The molecule has 0 unspecified atom stereocenters. The highest BCUT2D eigenvalue weighted by Gasteiger charge is 2.16. The highest BCUT2D eigenvalue weighted by atomic mass is 32.2. The molecule has 1 aromatic rings. The predicted molar refractivity (Wildman–Crippen MR) is 50.1 cm³/mol. The first-order valence-corrected chi connectivity index (χ1v) is 4.76. The summed E-state index contributed by atoms with van der Waals surface area (Å²) in [6, 6.07) is 3.52. The number of thioether (sulfide) groups is 1. The lowest BCUT2D eigenvalue weighted by molar-refractivity contribution is -0.113. The number of pyridine rings is 1. The quantitative estimate of drug-likeness (QED) is 0.731. The first-order valence-electron chi connectivity index (χ1n) is 3.77. The number of fused-ring (bicyclic) bond motifs is 1. The van der Waals surface area contributed by atoms with Gasteiger partial charge >= 0.3 is 0 Å². The summed E-state index contributed by atoms with van der Waals surface area (Å²) in [4.78, 5) is 15.2. The average Bonchev–Trinajstić information content (AvgIpc) is 2.17. The Kier molecular flexibility index (Phi) is 2.10. The molecule has 0 spiro atoms. The van der Waals surface area contributed by atoms with Gasteiger partial charge in [-0.25, -0.2) is 4.98 Å². The zero-order valence-electron chi connectivity index (χ0n) is 7.03. The van der Waals surface area contributed by atoms with Crippen LogP contribution in [0.4, 0.5) is 5.69 Å². The molecule has 0 bridgehead atoms. The molecule has 1 amide bonds. The molecule has 0 aliphatic carbocycles. The van der Waals surface area contributed by atoms with E-state index in [2.05, 4.69) is 10.3 Å². The fourth-order valence-corrected chi connectivity index (χ4v) is 1.83. The van der Waals surface area contributed by atoms with E-state index in [4.69, 9.17) is 4.74 Å². The van der Waals surface area contributed by atoms with Crippen LogP contribution in [0.15, 0.2) is 17.2 Å². The molecule has 4 nitrogen and oxygen atoms in total. The number of nitrogens with zero attached hydrogens (tertiary/aromatic N) is 1. The SMILES string of the molecule is COc1ccc2c(n1)SCC(=O)N2. The summed E-state index contributed by atoms with van der Waals surface area (Å²) in [5, 5.41) is 3.55. The third-order valence-electron chi connectivity index (χ3n) is 1.66. The predicted octanol–water partition coefficient (Wildman–Crippen LogP) is 1.13. The number of ether oxygens (including phenoxy) is 1. The summed E-state index contributed by atoms with van der Waals surface area (Å²) in [7, 11) is 1.57. The van der Waals surface area contributed by atoms with E-state index in [1.807, 2.05) is 0 Å². The third-order valence-corrected chi connectivity index (χ3v) is 2.65. The molecule has 0 saturated heterocycles. The Balaban J connectivity index is 2.36. The second-order valence-corrected chi connectivity index (χ2v) is 3.51. The van der Waals surface area contributed by atoms with Gasteiger partial charge in [0, 0.05) is 6.07 Å². The van der Waals surface area contributed by atoms with E-state index >= 15 is 0 Å². The summed E-state index contributed by atoms with van der Waals surface area (Å²) in [6.07, 6.45) is 0. The normalized spacial score (nSPS) is 14.7. The van der Waals surface area contributed by atoms with Crippen LogP contribution in [-0.2, 0) is 4.79 Å². The van der Waals surface area contributed by atoms with Gasteiger partial charge in [-0.2, -0.15) is 0 Å². The van der Waals surface area contributed by atoms with E-state index in [0.717, 1.165) is 10.7 Å². The zero-order chi connectivity index (χ0) is 9.26. The number of aromatic nitrogens is 1. The number of hydrogen-bond donors (Lipinski definition) is 1. The van der Waals surface area contributed by atoms with E-state index in [1.54, 1.807) is 19.2 Å². The molecule has 0 radical (unpaired) electrons. The third kappa shape index (κ3) is 1.60. The van der Waals surface area contributed by atoms with Crippen LogP contribution in [0, 0.1) is 0 Å². The van der Waals surface area contributed by atoms with Crippen LogP contribution in [0.3, 0.4) is 0 Å². The minimum Gasteiger partial charge on any atom is -0.481 e. The Morgan fingerprint density at radius 3 is 3.23 bits per heavy atom. The van der Waals surface area contributed by atoms with Crippen molar-refractivity contribution >= 4 is 23.4 Å². The number of amides is 1. The molecule has 0 fully saturated rings. The van der Waals surface area contributed by atoms with Crippen molar-refractivity contribution in [3.63, 3.8) is 0 Å². The number of carbonyl (C=O) groups is 1. The number of hydrogen-bond acceptors (Lipinski definition) is 4. The Morgan fingerprint density at radius 2 is 2.46 bits per heavy atom. The second-order valence-electron chi connectivity index (χ2n) is 2.54. The zero-order valence-corrected chi connectivity index (χ0v) is 7.85. The maximum Gasteiger partial charge on any atom is 0.234 e. The van der Waals surface area contributed by atoms with Crippen molar-refractivity contribution in [2.45, 2.75) is 5.03 Å². The summed E-state index contributed by atoms with van der Waals surface area (Å²) < 4.78 is 4.97. The average molecular weight is 196 g/mol. The summed E-state index contributed by atoms with van der Waals surface area (Å²) in [6.45, 7) is 0. The standard InChI is InChI=1S/C8H8N2O2S/c1-12-7-3-2-5-8(10-7)13-4-6(11)9-5/h2-3H,4H2,1H3,(H,9,11). The number of rotatable bonds is 1. The summed E-state index contributed by atoms with van der Waals surface area (Å²) >= 11 is 1.42. The van der Waals surface area contributed by atoms with Crippen molar-refractivity contribution in [2.24, 2.45) is 0 Å². The second kappa shape index (κ2) is 3.26. The number of anilines is 1. The van der Waals surface area contributed by atoms with Crippen molar-refractivity contribution in [2.75, 3.05) is 18.2 Å². The van der Waals surface area contributed by atoms with Crippen LogP contribution in [0.2, 0.25) is 0 Å². The van der Waals surface area contributed by atoms with Crippen LogP contribution < -0.4 is 10.1 Å². The van der Waals surface area contributed by atoms with Crippen molar-refractivity contribution in [3.8, 4) is 5.88 Å². The van der Waals surface area contributed by atoms with Gasteiger partial charge in [-0.1, -0.05) is 11.8 Å². The smallest absolute Gasteiger partial charge is 0.234 e. The van der Waals surface area contributed by atoms with Gasteiger partial charge in [0.15, 0.2) is 0 Å². The molecule has 1 aliphatic heterocycles. The van der Waals surface area contributed by atoms with Gasteiger partial charge in [-0.15, -0.1) is 0 Å². The first kappa shape index (κ1) is 8.37. The number of carbonyl (C=O) groups excluding carboxylic acids is 1. The van der Waals surface area contributed by atoms with Gasteiger partial charge in [-0.3, -0.25) is 4.79 Å². The largest absolute Gasteiger partial charge is 0.481 e. The number of nitrogens with one attached hydrogen (secondary N) is 1. The maximum atomic E-state index is 11.0. The molecule has 1 aliphatic rings. The fraction of sp³-hybridized carbons (Fsp3) is 0.250. The lowest BCUT2D eigenvalue weighted by Gasteiger charge is -2.15. The fourth-order valence-electron chi connectivity index (χ4n) is 1.06. The topological polar surface area (TPSA) is 51.2 Å². The molecule has 0 aromatic carbocycles. The van der Waals surface area contributed by atoms with E-state index in [0.29, 0.717) is 11.6 Å². The molecule has 68 valence electrons. The van der Waals surface area contributed by atoms with E-state index < -0.39 is 0 Å². The van der Waals surface area contributed by atoms with Crippen molar-refractivity contribution < 1.29 is 9.53 Å². The minimum absolute atomic E-state index is 0.0180. The summed E-state index contributed by atoms with van der Waals surface area (Å²) in [5.74, 6) is 1.01. The molecule has 0 atom stereocenters. The van der Waals surface area contributed by atoms with E-state index in [-0.39, 0.29) is 5.91 Å². The number of methoxy groups -OCH3 is 1. The first-order chi connectivity index (χ1) is 6.29. The Morgan fingerprint density at radius 1 is 1.62 bits per heavy atom. The lowest BCUT2D eigenvalue weighted by Crippen LogP contribution is -2.19. The summed E-state index contributed by atoms with van der Waals surface area (Å²) in [5.41, 5.74) is 0.766. The monoisotopic (exact) mass is 196 g/mol. The highest BCUT2D eigenvalue weighted by Crippen LogP contribution is 2.30. The molecule has 1 N–H and O–H groups in total. The van der Waals surface area contributed by atoms with Gasteiger partial charge < -0.3 is 10.1 Å². The van der Waals surface area contributed by atoms with Crippen LogP contribution in [0.1, 0.15) is 0 Å². The van der Waals surface area contributed by atoms with Crippen LogP contribution >= 0.6 is 11.8 Å². The van der Waals surface area contributed by atoms with E-state index in [1.165, 1.54) is 11.8 Å². The van der Waals surface area contributed by atoms with E-state index in [9.17, 15) is 4.79 Å². The van der Waals surface area contributed by atoms with Crippen molar-refractivity contribution in [1.29, 1.82) is 0 Å². The molecule has 2 rings (SSSR count). The maximum absolute atomic E-state index is 11.0. The molecule has 1 aromatic heterocycles. The molecule has 0 saturated carbocycles. The van der Waals surface area contributed by atoms with Gasteiger partial charge in [0.25, 0.3) is 0 Å². The Hall–Kier alpha value is -1.23. The molecular formula is C8H8N2O2S. The molecular weight excluding hydrogens is 188 g/mol. The van der Waals surface area contributed by atoms with Crippen molar-refractivity contribution in [1.82, 2.24) is 4.98 Å². The highest BCUT2D eigenvalue weighted by molar-refractivity contribution is 8.00. The van der Waals surface area contributed by atoms with Crippen molar-refractivity contribution in [3.05, 3.63) is 12.1 Å². The van der Waals surface area contributed by atoms with Gasteiger partial charge in [0.1, 0.15) is 5.03 Å². The van der Waals surface area contributed by atoms with Gasteiger partial charge in [-0.05, 0) is 6.07 Å². The Labute approximate surface area is 79.7 Å². The molecule has 5 heteroatoms. The van der Waals surface area contributed by atoms with Gasteiger partial charge in [0.2, 0.25) is 11.8 Å².